The fraction of sp³-hybridized carbons (Fsp3) is 0.250. The summed E-state index contributed by atoms with van der Waals surface area (Å²) in [4.78, 5) is 16.9. The molecule has 1 N–H and O–H groups in total. The standard InChI is InChI=1S/C16H17N3O2/c1-11(10-13-6-5-9-21-13)17-16(20)15-12(2)18-14-7-3-4-8-19(14)15/h3-9,11H,10H2,1-2H3,(H,17,20). The Morgan fingerprint density at radius 1 is 1.38 bits per heavy atom. The van der Waals surface area contributed by atoms with Crippen LogP contribution >= 0.6 is 0 Å². The molecule has 3 aromatic heterocycles. The summed E-state index contributed by atoms with van der Waals surface area (Å²) in [6, 6.07) is 9.41. The van der Waals surface area contributed by atoms with Crippen LogP contribution in [0.2, 0.25) is 0 Å². The molecule has 3 rings (SSSR count). The van der Waals surface area contributed by atoms with Crippen molar-refractivity contribution in [2.75, 3.05) is 0 Å². The SMILES string of the molecule is Cc1nc2ccccn2c1C(=O)NC(C)Cc1ccco1. The van der Waals surface area contributed by atoms with E-state index in [0.717, 1.165) is 17.1 Å². The highest BCUT2D eigenvalue weighted by molar-refractivity contribution is 5.94. The van der Waals surface area contributed by atoms with Gasteiger partial charge >= 0.3 is 0 Å². The summed E-state index contributed by atoms with van der Waals surface area (Å²) in [6.07, 6.45) is 4.15. The van der Waals surface area contributed by atoms with Crippen molar-refractivity contribution in [1.29, 1.82) is 0 Å². The number of furan rings is 1. The third kappa shape index (κ3) is 2.67. The van der Waals surface area contributed by atoms with Crippen molar-refractivity contribution in [3.63, 3.8) is 0 Å². The highest BCUT2D eigenvalue weighted by Gasteiger charge is 2.18. The molecular weight excluding hydrogens is 266 g/mol. The van der Waals surface area contributed by atoms with E-state index in [1.807, 2.05) is 54.8 Å². The maximum atomic E-state index is 12.5. The van der Waals surface area contributed by atoms with Crippen LogP contribution in [0.25, 0.3) is 5.65 Å². The molecule has 0 aliphatic carbocycles. The monoisotopic (exact) mass is 283 g/mol. The van der Waals surface area contributed by atoms with Crippen molar-refractivity contribution >= 4 is 11.6 Å². The van der Waals surface area contributed by atoms with E-state index in [1.165, 1.54) is 0 Å². The number of aryl methyl sites for hydroxylation is 1. The summed E-state index contributed by atoms with van der Waals surface area (Å²) < 4.78 is 7.11. The van der Waals surface area contributed by atoms with E-state index in [1.54, 1.807) is 6.26 Å². The number of imidazole rings is 1. The highest BCUT2D eigenvalue weighted by Crippen LogP contribution is 2.12. The van der Waals surface area contributed by atoms with Crippen LogP contribution in [0.5, 0.6) is 0 Å². The lowest BCUT2D eigenvalue weighted by molar-refractivity contribution is 0.0932. The Morgan fingerprint density at radius 3 is 3.00 bits per heavy atom. The lowest BCUT2D eigenvalue weighted by atomic mass is 10.2. The van der Waals surface area contributed by atoms with Gasteiger partial charge in [-0.1, -0.05) is 6.07 Å². The molecule has 108 valence electrons. The molecule has 0 aliphatic heterocycles. The van der Waals surface area contributed by atoms with Gasteiger partial charge in [-0.15, -0.1) is 0 Å². The number of amides is 1. The molecule has 0 fully saturated rings. The van der Waals surface area contributed by atoms with Gasteiger partial charge in [-0.05, 0) is 38.1 Å². The van der Waals surface area contributed by atoms with Gasteiger partial charge in [0.1, 0.15) is 17.1 Å². The minimum atomic E-state index is -0.120. The number of aromatic nitrogens is 2. The van der Waals surface area contributed by atoms with Crippen LogP contribution in [0, 0.1) is 6.92 Å². The molecule has 5 heteroatoms. The van der Waals surface area contributed by atoms with E-state index in [-0.39, 0.29) is 11.9 Å². The Balaban J connectivity index is 1.79. The van der Waals surface area contributed by atoms with Gasteiger partial charge in [0.2, 0.25) is 0 Å². The van der Waals surface area contributed by atoms with Gasteiger partial charge in [-0.25, -0.2) is 4.98 Å². The molecule has 0 spiro atoms. The molecule has 0 saturated heterocycles. The van der Waals surface area contributed by atoms with Gasteiger partial charge in [0.25, 0.3) is 5.91 Å². The number of nitrogens with one attached hydrogen (secondary N) is 1. The first kappa shape index (κ1) is 13.4. The normalized spacial score (nSPS) is 12.5. The number of carbonyl (C=O) groups is 1. The Bertz CT molecular complexity index is 759. The number of hydrogen-bond acceptors (Lipinski definition) is 3. The minimum Gasteiger partial charge on any atom is -0.469 e. The summed E-state index contributed by atoms with van der Waals surface area (Å²) in [5.41, 5.74) is 2.08. The first-order valence-corrected chi connectivity index (χ1v) is 6.92. The third-order valence-corrected chi connectivity index (χ3v) is 3.38. The van der Waals surface area contributed by atoms with Crippen LogP contribution in [-0.2, 0) is 6.42 Å². The van der Waals surface area contributed by atoms with Gasteiger partial charge in [-0.2, -0.15) is 0 Å². The summed E-state index contributed by atoms with van der Waals surface area (Å²) in [5.74, 6) is 0.739. The third-order valence-electron chi connectivity index (χ3n) is 3.38. The Hall–Kier alpha value is -2.56. The van der Waals surface area contributed by atoms with E-state index in [4.69, 9.17) is 4.42 Å². The average Bonchev–Trinajstić information content (AvgIpc) is 3.04. The summed E-state index contributed by atoms with van der Waals surface area (Å²) in [6.45, 7) is 3.80. The van der Waals surface area contributed by atoms with E-state index < -0.39 is 0 Å². The van der Waals surface area contributed by atoms with Crippen molar-refractivity contribution in [3.8, 4) is 0 Å². The smallest absolute Gasteiger partial charge is 0.270 e. The Kier molecular flexibility index (Phi) is 3.48. The van der Waals surface area contributed by atoms with Crippen molar-refractivity contribution in [2.24, 2.45) is 0 Å². The molecule has 1 atom stereocenters. The topological polar surface area (TPSA) is 59.5 Å². The molecule has 5 nitrogen and oxygen atoms in total. The van der Waals surface area contributed by atoms with Crippen molar-refractivity contribution in [2.45, 2.75) is 26.3 Å². The molecule has 0 aromatic carbocycles. The summed E-state index contributed by atoms with van der Waals surface area (Å²) >= 11 is 0. The number of rotatable bonds is 4. The molecule has 21 heavy (non-hydrogen) atoms. The second-order valence-corrected chi connectivity index (χ2v) is 5.13. The second kappa shape index (κ2) is 5.44. The van der Waals surface area contributed by atoms with Crippen LogP contribution in [0.4, 0.5) is 0 Å². The first-order chi connectivity index (χ1) is 10.1. The Morgan fingerprint density at radius 2 is 2.24 bits per heavy atom. The zero-order valence-electron chi connectivity index (χ0n) is 12.0. The average molecular weight is 283 g/mol. The van der Waals surface area contributed by atoms with Crippen LogP contribution in [0.3, 0.4) is 0 Å². The second-order valence-electron chi connectivity index (χ2n) is 5.13. The van der Waals surface area contributed by atoms with Crippen LogP contribution < -0.4 is 5.32 Å². The molecule has 3 aromatic rings. The van der Waals surface area contributed by atoms with Gasteiger partial charge in [-0.3, -0.25) is 9.20 Å². The van der Waals surface area contributed by atoms with Crippen molar-refractivity contribution in [1.82, 2.24) is 14.7 Å². The van der Waals surface area contributed by atoms with Gasteiger partial charge < -0.3 is 9.73 Å². The quantitative estimate of drug-likeness (QED) is 0.800. The number of fused-ring (bicyclic) bond motifs is 1. The zero-order valence-corrected chi connectivity index (χ0v) is 12.0. The van der Waals surface area contributed by atoms with Gasteiger partial charge in [0, 0.05) is 18.7 Å². The van der Waals surface area contributed by atoms with Gasteiger partial charge in [0.15, 0.2) is 0 Å². The van der Waals surface area contributed by atoms with E-state index in [9.17, 15) is 4.79 Å². The van der Waals surface area contributed by atoms with Crippen LogP contribution in [-0.4, -0.2) is 21.3 Å². The molecule has 3 heterocycles. The Labute approximate surface area is 122 Å². The maximum absolute atomic E-state index is 12.5. The first-order valence-electron chi connectivity index (χ1n) is 6.92. The van der Waals surface area contributed by atoms with Gasteiger partial charge in [0.05, 0.1) is 12.0 Å². The lowest BCUT2D eigenvalue weighted by Crippen LogP contribution is -2.35. The lowest BCUT2D eigenvalue weighted by Gasteiger charge is -2.12. The van der Waals surface area contributed by atoms with Crippen LogP contribution in [0.1, 0.15) is 28.9 Å². The van der Waals surface area contributed by atoms with E-state index >= 15 is 0 Å². The van der Waals surface area contributed by atoms with E-state index in [2.05, 4.69) is 10.3 Å². The fourth-order valence-corrected chi connectivity index (χ4v) is 2.46. The molecule has 0 bridgehead atoms. The highest BCUT2D eigenvalue weighted by atomic mass is 16.3. The molecule has 1 amide bonds. The van der Waals surface area contributed by atoms with E-state index in [0.29, 0.717) is 12.1 Å². The minimum absolute atomic E-state index is 0.0164. The molecule has 1 unspecified atom stereocenters. The van der Waals surface area contributed by atoms with Crippen molar-refractivity contribution in [3.05, 3.63) is 59.9 Å². The number of pyridine rings is 1. The number of nitrogens with zero attached hydrogens (tertiary/aromatic N) is 2. The maximum Gasteiger partial charge on any atom is 0.270 e. The number of carbonyl (C=O) groups excluding carboxylic acids is 1. The molecule has 0 aliphatic rings. The van der Waals surface area contributed by atoms with Crippen molar-refractivity contribution < 1.29 is 9.21 Å². The fourth-order valence-electron chi connectivity index (χ4n) is 2.46. The molecule has 0 saturated carbocycles. The summed E-state index contributed by atoms with van der Waals surface area (Å²) in [7, 11) is 0. The predicted molar refractivity (Wildman–Crippen MR) is 79.3 cm³/mol. The molecule has 0 radical (unpaired) electrons. The summed E-state index contributed by atoms with van der Waals surface area (Å²) in [5, 5.41) is 2.99. The predicted octanol–water partition coefficient (Wildman–Crippen LogP) is 2.60. The number of hydrogen-bond donors (Lipinski definition) is 1. The molecular formula is C16H17N3O2. The largest absolute Gasteiger partial charge is 0.469 e. The zero-order chi connectivity index (χ0) is 14.8. The van der Waals surface area contributed by atoms with Crippen LogP contribution in [0.15, 0.2) is 47.2 Å².